The molecule has 4 aromatic rings. The number of carbonyl (C=O) groups excluding carboxylic acids is 1. The van der Waals surface area contributed by atoms with Crippen molar-refractivity contribution in [3.05, 3.63) is 118 Å². The van der Waals surface area contributed by atoms with Gasteiger partial charge in [-0.3, -0.25) is 4.79 Å². The molecule has 11 heteroatoms. The van der Waals surface area contributed by atoms with E-state index in [1.807, 2.05) is 12.1 Å². The van der Waals surface area contributed by atoms with Crippen molar-refractivity contribution in [2.24, 2.45) is 5.10 Å². The number of benzene rings is 4. The Labute approximate surface area is 235 Å². The Morgan fingerprint density at radius 1 is 0.872 bits per heavy atom. The van der Waals surface area contributed by atoms with Crippen LogP contribution in [0.1, 0.15) is 21.5 Å². The van der Waals surface area contributed by atoms with Gasteiger partial charge in [-0.2, -0.15) is 13.5 Å². The standard InChI is InChI=1S/C28H22Cl2N2O6S/c1-36-27-16-20(4-15-26(27)38-39(34,35)25-13-9-23(30)10-14-25)17-31-32-28(33)21-5-11-24(12-6-21)37-18-19-2-7-22(29)8-3-19/h2-17H,18H2,1H3,(H,32,33)/b31-17-. The average Bonchev–Trinajstić information content (AvgIpc) is 2.93. The van der Waals surface area contributed by atoms with Gasteiger partial charge in [-0.15, -0.1) is 0 Å². The third kappa shape index (κ3) is 7.73. The van der Waals surface area contributed by atoms with Gasteiger partial charge in [0, 0.05) is 15.6 Å². The van der Waals surface area contributed by atoms with Crippen LogP contribution in [0.15, 0.2) is 101 Å². The Hall–Kier alpha value is -4.05. The smallest absolute Gasteiger partial charge is 0.339 e. The van der Waals surface area contributed by atoms with E-state index in [1.165, 1.54) is 49.7 Å². The van der Waals surface area contributed by atoms with E-state index in [0.717, 1.165) is 5.56 Å². The summed E-state index contributed by atoms with van der Waals surface area (Å²) in [6.45, 7) is 0.368. The second-order valence-corrected chi connectivity index (χ2v) is 10.5. The van der Waals surface area contributed by atoms with Gasteiger partial charge in [0.25, 0.3) is 5.91 Å². The van der Waals surface area contributed by atoms with Crippen molar-refractivity contribution in [1.82, 2.24) is 5.43 Å². The SMILES string of the molecule is COc1cc(/C=N\NC(=O)c2ccc(OCc3ccc(Cl)cc3)cc2)ccc1OS(=O)(=O)c1ccc(Cl)cc1. The van der Waals surface area contributed by atoms with Crippen LogP contribution in [-0.2, 0) is 16.7 Å². The Morgan fingerprint density at radius 2 is 1.51 bits per heavy atom. The van der Waals surface area contributed by atoms with Crippen LogP contribution >= 0.6 is 23.2 Å². The second-order valence-electron chi connectivity index (χ2n) is 8.04. The van der Waals surface area contributed by atoms with E-state index in [-0.39, 0.29) is 16.4 Å². The third-order valence-electron chi connectivity index (χ3n) is 5.30. The summed E-state index contributed by atoms with van der Waals surface area (Å²) in [6, 6.07) is 24.1. The molecule has 0 radical (unpaired) electrons. The van der Waals surface area contributed by atoms with Crippen LogP contribution in [0, 0.1) is 0 Å². The Kier molecular flexibility index (Phi) is 9.08. The summed E-state index contributed by atoms with van der Waals surface area (Å²) in [5.74, 6) is 0.345. The molecular weight excluding hydrogens is 563 g/mol. The number of amides is 1. The molecule has 0 heterocycles. The van der Waals surface area contributed by atoms with E-state index in [9.17, 15) is 13.2 Å². The lowest BCUT2D eigenvalue weighted by Gasteiger charge is -2.11. The molecule has 0 aliphatic carbocycles. The first-order valence-corrected chi connectivity index (χ1v) is 13.6. The Bertz CT molecular complexity index is 1570. The van der Waals surface area contributed by atoms with E-state index < -0.39 is 16.0 Å². The van der Waals surface area contributed by atoms with Crippen LogP contribution in [0.5, 0.6) is 17.2 Å². The van der Waals surface area contributed by atoms with Crippen LogP contribution in [0.2, 0.25) is 10.0 Å². The summed E-state index contributed by atoms with van der Waals surface area (Å²) in [5.41, 5.74) is 4.34. The van der Waals surface area contributed by atoms with Gasteiger partial charge in [0.1, 0.15) is 17.3 Å². The van der Waals surface area contributed by atoms with E-state index in [0.29, 0.717) is 33.5 Å². The lowest BCUT2D eigenvalue weighted by molar-refractivity contribution is 0.0955. The molecule has 0 unspecified atom stereocenters. The highest BCUT2D eigenvalue weighted by molar-refractivity contribution is 7.87. The number of nitrogens with one attached hydrogen (secondary N) is 1. The third-order valence-corrected chi connectivity index (χ3v) is 7.06. The Balaban J connectivity index is 1.34. The number of hydrazone groups is 1. The maximum absolute atomic E-state index is 12.6. The number of rotatable bonds is 10. The van der Waals surface area contributed by atoms with E-state index in [4.69, 9.17) is 36.9 Å². The molecule has 4 rings (SSSR count). The van der Waals surface area contributed by atoms with Crippen molar-refractivity contribution in [2.45, 2.75) is 11.5 Å². The molecule has 0 aliphatic heterocycles. The van der Waals surface area contributed by atoms with Gasteiger partial charge in [-0.25, -0.2) is 5.43 Å². The predicted octanol–water partition coefficient (Wildman–Crippen LogP) is 6.11. The van der Waals surface area contributed by atoms with Crippen molar-refractivity contribution in [2.75, 3.05) is 7.11 Å². The molecule has 0 aromatic heterocycles. The molecular formula is C28H22Cl2N2O6S. The normalized spacial score (nSPS) is 11.3. The maximum Gasteiger partial charge on any atom is 0.339 e. The van der Waals surface area contributed by atoms with Crippen LogP contribution in [0.25, 0.3) is 0 Å². The highest BCUT2D eigenvalue weighted by Gasteiger charge is 2.19. The Morgan fingerprint density at radius 3 is 2.15 bits per heavy atom. The largest absolute Gasteiger partial charge is 0.493 e. The minimum absolute atomic E-state index is 0.00740. The first-order valence-electron chi connectivity index (χ1n) is 11.4. The first-order chi connectivity index (χ1) is 18.7. The van der Waals surface area contributed by atoms with Gasteiger partial charge >= 0.3 is 10.1 Å². The lowest BCUT2D eigenvalue weighted by atomic mass is 10.2. The van der Waals surface area contributed by atoms with E-state index >= 15 is 0 Å². The van der Waals surface area contributed by atoms with Gasteiger partial charge in [0.2, 0.25) is 0 Å². The molecule has 0 aliphatic rings. The highest BCUT2D eigenvalue weighted by Crippen LogP contribution is 2.30. The second kappa shape index (κ2) is 12.7. The molecule has 0 saturated carbocycles. The van der Waals surface area contributed by atoms with E-state index in [1.54, 1.807) is 42.5 Å². The summed E-state index contributed by atoms with van der Waals surface area (Å²) in [5, 5.41) is 5.02. The zero-order valence-corrected chi connectivity index (χ0v) is 22.8. The lowest BCUT2D eigenvalue weighted by Crippen LogP contribution is -2.17. The van der Waals surface area contributed by atoms with Crippen molar-refractivity contribution < 1.29 is 26.9 Å². The number of nitrogens with zero attached hydrogens (tertiary/aromatic N) is 1. The van der Waals surface area contributed by atoms with Crippen LogP contribution in [0.3, 0.4) is 0 Å². The number of hydrogen-bond donors (Lipinski definition) is 1. The van der Waals surface area contributed by atoms with Crippen LogP contribution < -0.4 is 19.1 Å². The number of methoxy groups -OCH3 is 1. The van der Waals surface area contributed by atoms with Gasteiger partial charge < -0.3 is 13.7 Å². The number of ether oxygens (including phenoxy) is 2. The molecule has 200 valence electrons. The molecule has 4 aromatic carbocycles. The van der Waals surface area contributed by atoms with Gasteiger partial charge in [0.15, 0.2) is 11.5 Å². The zero-order chi connectivity index (χ0) is 27.8. The fourth-order valence-electron chi connectivity index (χ4n) is 3.28. The molecule has 0 spiro atoms. The van der Waals surface area contributed by atoms with Crippen molar-refractivity contribution >= 4 is 45.4 Å². The zero-order valence-electron chi connectivity index (χ0n) is 20.5. The average molecular weight is 585 g/mol. The van der Waals surface area contributed by atoms with Gasteiger partial charge in [0.05, 0.1) is 13.3 Å². The molecule has 0 atom stereocenters. The number of hydrogen-bond acceptors (Lipinski definition) is 7. The molecule has 0 fully saturated rings. The summed E-state index contributed by atoms with van der Waals surface area (Å²) < 4.78 is 41.4. The monoisotopic (exact) mass is 584 g/mol. The molecule has 1 N–H and O–H groups in total. The molecule has 39 heavy (non-hydrogen) atoms. The fraction of sp³-hybridized carbons (Fsp3) is 0.0714. The number of carbonyl (C=O) groups is 1. The molecule has 0 bridgehead atoms. The number of halogens is 2. The minimum Gasteiger partial charge on any atom is -0.493 e. The minimum atomic E-state index is -4.10. The van der Waals surface area contributed by atoms with Gasteiger partial charge in [-0.05, 0) is 90.0 Å². The topological polar surface area (TPSA) is 103 Å². The summed E-state index contributed by atoms with van der Waals surface area (Å²) in [7, 11) is -2.72. The summed E-state index contributed by atoms with van der Waals surface area (Å²) in [4.78, 5) is 12.4. The molecule has 0 saturated heterocycles. The van der Waals surface area contributed by atoms with Gasteiger partial charge in [-0.1, -0.05) is 35.3 Å². The fourth-order valence-corrected chi connectivity index (χ4v) is 4.47. The quantitative estimate of drug-likeness (QED) is 0.137. The highest BCUT2D eigenvalue weighted by atomic mass is 35.5. The molecule has 8 nitrogen and oxygen atoms in total. The van der Waals surface area contributed by atoms with Crippen LogP contribution in [0.4, 0.5) is 0 Å². The predicted molar refractivity (Wildman–Crippen MR) is 150 cm³/mol. The first kappa shape index (κ1) is 28.0. The maximum atomic E-state index is 12.6. The summed E-state index contributed by atoms with van der Waals surface area (Å²) in [6.07, 6.45) is 1.39. The van der Waals surface area contributed by atoms with Crippen LogP contribution in [-0.4, -0.2) is 27.6 Å². The van der Waals surface area contributed by atoms with Crippen molar-refractivity contribution in [3.63, 3.8) is 0 Å². The summed E-state index contributed by atoms with van der Waals surface area (Å²) >= 11 is 11.7. The van der Waals surface area contributed by atoms with Crippen molar-refractivity contribution in [3.8, 4) is 17.2 Å². The van der Waals surface area contributed by atoms with Crippen molar-refractivity contribution in [1.29, 1.82) is 0 Å². The van der Waals surface area contributed by atoms with E-state index in [2.05, 4.69) is 10.5 Å². The molecule has 1 amide bonds.